The van der Waals surface area contributed by atoms with E-state index < -0.39 is 4.92 Å². The molecule has 0 radical (unpaired) electrons. The Balaban J connectivity index is 3.79. The van der Waals surface area contributed by atoms with E-state index in [1.807, 2.05) is 0 Å². The molecule has 0 unspecified atom stereocenters. The quantitative estimate of drug-likeness (QED) is 0.463. The van der Waals surface area contributed by atoms with Gasteiger partial charge in [0.05, 0.1) is 23.6 Å². The number of hydrogen-bond acceptors (Lipinski definition) is 5. The highest BCUT2D eigenvalue weighted by atomic mass is 79.9. The van der Waals surface area contributed by atoms with E-state index in [0.29, 0.717) is 6.29 Å². The maximum atomic E-state index is 10.9. The highest BCUT2D eigenvalue weighted by molar-refractivity contribution is 9.11. The first-order chi connectivity index (χ1) is 7.99. The number of methoxy groups -OCH3 is 2. The molecule has 0 saturated carbocycles. The van der Waals surface area contributed by atoms with E-state index in [4.69, 9.17) is 9.47 Å². The molecule has 0 aliphatic carbocycles. The van der Waals surface area contributed by atoms with Crippen molar-refractivity contribution in [1.29, 1.82) is 0 Å². The zero-order chi connectivity index (χ0) is 13.2. The molecule has 0 fully saturated rings. The highest BCUT2D eigenvalue weighted by Gasteiger charge is 2.30. The highest BCUT2D eigenvalue weighted by Crippen LogP contribution is 2.48. The third-order valence-corrected chi connectivity index (χ3v) is 3.54. The molecule has 0 aliphatic rings. The first-order valence-electron chi connectivity index (χ1n) is 4.22. The number of rotatable bonds is 4. The summed E-state index contributed by atoms with van der Waals surface area (Å²) in [7, 11) is 2.72. The van der Waals surface area contributed by atoms with Gasteiger partial charge < -0.3 is 9.47 Å². The molecule has 17 heavy (non-hydrogen) atoms. The molecule has 1 aromatic carbocycles. The predicted molar refractivity (Wildman–Crippen MR) is 67.0 cm³/mol. The van der Waals surface area contributed by atoms with Crippen LogP contribution in [0.25, 0.3) is 0 Å². The van der Waals surface area contributed by atoms with Crippen molar-refractivity contribution in [1.82, 2.24) is 0 Å². The lowest BCUT2D eigenvalue weighted by Crippen LogP contribution is -2.02. The molecule has 92 valence electrons. The summed E-state index contributed by atoms with van der Waals surface area (Å²) >= 11 is 6.12. The normalized spacial score (nSPS) is 9.88. The maximum absolute atomic E-state index is 10.9. The Morgan fingerprint density at radius 3 is 2.00 bits per heavy atom. The summed E-state index contributed by atoms with van der Waals surface area (Å²) in [5.41, 5.74) is -0.482. The standard InChI is InChI=1S/C9H7Br2NO5/c1-16-8-5(10)4(3-13)7(12(14)15)6(11)9(8)17-2/h3H,1-2H3. The molecule has 0 aliphatic heterocycles. The Hall–Kier alpha value is -1.15. The van der Waals surface area contributed by atoms with Gasteiger partial charge in [0.15, 0.2) is 17.8 Å². The number of nitro benzene ring substituents is 1. The van der Waals surface area contributed by atoms with Crippen LogP contribution in [0.15, 0.2) is 8.95 Å². The number of nitro groups is 1. The van der Waals surface area contributed by atoms with Crippen molar-refractivity contribution >= 4 is 43.8 Å². The maximum Gasteiger partial charge on any atom is 0.299 e. The van der Waals surface area contributed by atoms with Crippen molar-refractivity contribution in [3.8, 4) is 11.5 Å². The van der Waals surface area contributed by atoms with Crippen LogP contribution in [-0.2, 0) is 0 Å². The van der Waals surface area contributed by atoms with Crippen molar-refractivity contribution < 1.29 is 19.2 Å². The summed E-state index contributed by atoms with van der Waals surface area (Å²) in [5.74, 6) is 0.365. The van der Waals surface area contributed by atoms with Gasteiger partial charge in [-0.1, -0.05) is 0 Å². The van der Waals surface area contributed by atoms with Crippen molar-refractivity contribution in [2.24, 2.45) is 0 Å². The van der Waals surface area contributed by atoms with Crippen molar-refractivity contribution in [3.05, 3.63) is 24.6 Å². The number of carbonyl (C=O) groups excluding carboxylic acids is 1. The molecular formula is C9H7Br2NO5. The fourth-order valence-electron chi connectivity index (χ4n) is 1.30. The largest absolute Gasteiger partial charge is 0.492 e. The van der Waals surface area contributed by atoms with Gasteiger partial charge in [0.25, 0.3) is 5.69 Å². The van der Waals surface area contributed by atoms with Crippen LogP contribution >= 0.6 is 31.9 Å². The van der Waals surface area contributed by atoms with Gasteiger partial charge in [-0.05, 0) is 31.9 Å². The molecule has 0 heterocycles. The van der Waals surface area contributed by atoms with E-state index in [2.05, 4.69) is 31.9 Å². The average molecular weight is 369 g/mol. The molecule has 1 rings (SSSR count). The summed E-state index contributed by atoms with van der Waals surface area (Å²) < 4.78 is 10.3. The molecule has 0 bridgehead atoms. The van der Waals surface area contributed by atoms with E-state index in [9.17, 15) is 14.9 Å². The van der Waals surface area contributed by atoms with Crippen molar-refractivity contribution in [2.75, 3.05) is 14.2 Å². The molecule has 0 saturated heterocycles. The Kier molecular flexibility index (Phi) is 4.47. The van der Waals surface area contributed by atoms with E-state index in [0.717, 1.165) is 0 Å². The molecule has 0 N–H and O–H groups in total. The van der Waals surface area contributed by atoms with Gasteiger partial charge in [-0.2, -0.15) is 0 Å². The second kappa shape index (κ2) is 5.46. The summed E-state index contributed by atoms with van der Waals surface area (Å²) in [6.07, 6.45) is 0.384. The molecule has 1 aromatic rings. The van der Waals surface area contributed by atoms with Gasteiger partial charge in [-0.15, -0.1) is 0 Å². The van der Waals surface area contributed by atoms with E-state index >= 15 is 0 Å². The van der Waals surface area contributed by atoms with Gasteiger partial charge >= 0.3 is 0 Å². The minimum atomic E-state index is -0.666. The van der Waals surface area contributed by atoms with Gasteiger partial charge in [0.1, 0.15) is 10.0 Å². The predicted octanol–water partition coefficient (Wildman–Crippen LogP) is 2.95. The Morgan fingerprint density at radius 2 is 1.65 bits per heavy atom. The van der Waals surface area contributed by atoms with Crippen LogP contribution < -0.4 is 9.47 Å². The van der Waals surface area contributed by atoms with Gasteiger partial charge in [0, 0.05) is 0 Å². The summed E-state index contributed by atoms with van der Waals surface area (Å²) in [5, 5.41) is 10.9. The third kappa shape index (κ3) is 2.27. The summed E-state index contributed by atoms with van der Waals surface area (Å²) in [6.45, 7) is 0. The second-order valence-electron chi connectivity index (χ2n) is 2.83. The van der Waals surface area contributed by atoms with E-state index in [1.54, 1.807) is 0 Å². The Bertz CT molecular complexity index is 489. The zero-order valence-electron chi connectivity index (χ0n) is 8.82. The van der Waals surface area contributed by atoms with Crippen LogP contribution in [0.4, 0.5) is 5.69 Å². The molecule has 6 nitrogen and oxygen atoms in total. The minimum Gasteiger partial charge on any atom is -0.492 e. The van der Waals surface area contributed by atoms with Gasteiger partial charge in [-0.3, -0.25) is 14.9 Å². The molecule has 0 atom stereocenters. The topological polar surface area (TPSA) is 78.7 Å². The van der Waals surface area contributed by atoms with Crippen LogP contribution in [0.3, 0.4) is 0 Å². The van der Waals surface area contributed by atoms with Gasteiger partial charge in [-0.25, -0.2) is 0 Å². The lowest BCUT2D eigenvalue weighted by Gasteiger charge is -2.13. The number of aldehydes is 1. The van der Waals surface area contributed by atoms with E-state index in [-0.39, 0.29) is 31.7 Å². The summed E-state index contributed by atoms with van der Waals surface area (Å²) in [4.78, 5) is 21.2. The fourth-order valence-corrected chi connectivity index (χ4v) is 2.63. The molecule has 0 amide bonds. The number of ether oxygens (including phenoxy) is 2. The minimum absolute atomic E-state index is 0.0622. The van der Waals surface area contributed by atoms with Crippen LogP contribution in [0.2, 0.25) is 0 Å². The number of hydrogen-bond donors (Lipinski definition) is 0. The first kappa shape index (κ1) is 13.9. The van der Waals surface area contributed by atoms with Gasteiger partial charge in [0.2, 0.25) is 0 Å². The molecular weight excluding hydrogens is 362 g/mol. The number of halogens is 2. The number of benzene rings is 1. The van der Waals surface area contributed by atoms with Crippen molar-refractivity contribution in [2.45, 2.75) is 0 Å². The van der Waals surface area contributed by atoms with Crippen LogP contribution in [0.5, 0.6) is 11.5 Å². The number of carbonyl (C=O) groups is 1. The van der Waals surface area contributed by atoms with Crippen LogP contribution in [0.1, 0.15) is 10.4 Å². The average Bonchev–Trinajstić information content (AvgIpc) is 2.29. The first-order valence-corrected chi connectivity index (χ1v) is 5.80. The number of nitrogens with zero attached hydrogens (tertiary/aromatic N) is 1. The van der Waals surface area contributed by atoms with Crippen molar-refractivity contribution in [3.63, 3.8) is 0 Å². The molecule has 8 heteroatoms. The Labute approximate surface area is 113 Å². The smallest absolute Gasteiger partial charge is 0.299 e. The van der Waals surface area contributed by atoms with Crippen LogP contribution in [0, 0.1) is 10.1 Å². The fraction of sp³-hybridized carbons (Fsp3) is 0.222. The van der Waals surface area contributed by atoms with Crippen LogP contribution in [-0.4, -0.2) is 25.4 Å². The zero-order valence-corrected chi connectivity index (χ0v) is 12.0. The Morgan fingerprint density at radius 1 is 1.18 bits per heavy atom. The second-order valence-corrected chi connectivity index (χ2v) is 4.42. The molecule has 0 spiro atoms. The van der Waals surface area contributed by atoms with E-state index in [1.165, 1.54) is 14.2 Å². The SMILES string of the molecule is COc1c(Br)c(C=O)c([N+](=O)[O-])c(Br)c1OC. The lowest BCUT2D eigenvalue weighted by atomic mass is 10.1. The third-order valence-electron chi connectivity index (χ3n) is 2.01. The molecule has 0 aromatic heterocycles. The monoisotopic (exact) mass is 367 g/mol. The lowest BCUT2D eigenvalue weighted by molar-refractivity contribution is -0.386. The summed E-state index contributed by atoms with van der Waals surface area (Å²) in [6, 6.07) is 0.